The van der Waals surface area contributed by atoms with E-state index in [4.69, 9.17) is 5.73 Å². The summed E-state index contributed by atoms with van der Waals surface area (Å²) in [6.45, 7) is 3.69. The smallest absolute Gasteiger partial charge is 0.263 e. The van der Waals surface area contributed by atoms with Crippen LogP contribution < -0.4 is 11.1 Å². The minimum atomic E-state index is -0.155. The molecule has 0 fully saturated rings. The minimum absolute atomic E-state index is 0.103. The van der Waals surface area contributed by atoms with Crippen molar-refractivity contribution in [2.45, 2.75) is 19.9 Å². The second-order valence-electron chi connectivity index (χ2n) is 3.95. The topological polar surface area (TPSA) is 80.9 Å². The molecule has 3 N–H and O–H groups in total. The molecule has 0 saturated carbocycles. The van der Waals surface area contributed by atoms with Crippen LogP contribution in [0.2, 0.25) is 0 Å². The van der Waals surface area contributed by atoms with Gasteiger partial charge in [-0.15, -0.1) is 0 Å². The van der Waals surface area contributed by atoms with E-state index in [-0.39, 0.29) is 11.9 Å². The van der Waals surface area contributed by atoms with Crippen LogP contribution in [0.3, 0.4) is 0 Å². The lowest BCUT2D eigenvalue weighted by atomic mass is 10.1. The molecular formula is C12H14N4OS. The Morgan fingerprint density at radius 3 is 2.89 bits per heavy atom. The number of aryl methyl sites for hydroxylation is 1. The Morgan fingerprint density at radius 2 is 2.33 bits per heavy atom. The predicted octanol–water partition coefficient (Wildman–Crippen LogP) is 1.92. The number of amides is 1. The first-order valence-electron chi connectivity index (χ1n) is 5.51. The number of hydrogen-bond acceptors (Lipinski definition) is 5. The van der Waals surface area contributed by atoms with E-state index in [1.54, 1.807) is 19.3 Å². The third-order valence-corrected chi connectivity index (χ3v) is 3.54. The fraction of sp³-hybridized carbons (Fsp3) is 0.250. The molecule has 0 aliphatic carbocycles. The van der Waals surface area contributed by atoms with Crippen LogP contribution in [0.25, 0.3) is 0 Å². The molecular weight excluding hydrogens is 248 g/mol. The van der Waals surface area contributed by atoms with E-state index >= 15 is 0 Å². The van der Waals surface area contributed by atoms with Gasteiger partial charge in [0.25, 0.3) is 5.91 Å². The zero-order valence-corrected chi connectivity index (χ0v) is 11.0. The molecule has 2 aromatic heterocycles. The van der Waals surface area contributed by atoms with Crippen LogP contribution in [-0.4, -0.2) is 15.9 Å². The van der Waals surface area contributed by atoms with Gasteiger partial charge in [0, 0.05) is 12.4 Å². The summed E-state index contributed by atoms with van der Waals surface area (Å²) in [5.74, 6) is -0.155. The number of aromatic nitrogens is 2. The van der Waals surface area contributed by atoms with Crippen molar-refractivity contribution in [1.82, 2.24) is 15.3 Å². The van der Waals surface area contributed by atoms with E-state index in [2.05, 4.69) is 15.3 Å². The van der Waals surface area contributed by atoms with Gasteiger partial charge < -0.3 is 11.1 Å². The molecule has 2 rings (SSSR count). The Hall–Kier alpha value is -1.95. The molecule has 0 spiro atoms. The number of carbonyl (C=O) groups excluding carboxylic acids is 1. The fourth-order valence-electron chi connectivity index (χ4n) is 1.61. The number of nitrogen functional groups attached to an aromatic ring is 1. The van der Waals surface area contributed by atoms with Gasteiger partial charge in [-0.05, 0) is 25.5 Å². The summed E-state index contributed by atoms with van der Waals surface area (Å²) in [5.41, 5.74) is 7.20. The molecule has 0 unspecified atom stereocenters. The fourth-order valence-corrected chi connectivity index (χ4v) is 2.34. The van der Waals surface area contributed by atoms with Crippen LogP contribution in [0.5, 0.6) is 0 Å². The molecule has 6 heteroatoms. The van der Waals surface area contributed by atoms with Gasteiger partial charge in [-0.2, -0.15) is 0 Å². The largest absolute Gasteiger partial charge is 0.375 e. The number of carbonyl (C=O) groups is 1. The quantitative estimate of drug-likeness (QED) is 0.885. The highest BCUT2D eigenvalue weighted by Gasteiger charge is 2.16. The number of rotatable bonds is 3. The maximum atomic E-state index is 12.0. The van der Waals surface area contributed by atoms with Crippen molar-refractivity contribution >= 4 is 22.4 Å². The van der Waals surface area contributed by atoms with Crippen molar-refractivity contribution < 1.29 is 4.79 Å². The monoisotopic (exact) mass is 262 g/mol. The third kappa shape index (κ3) is 2.65. The van der Waals surface area contributed by atoms with Crippen LogP contribution >= 0.6 is 11.3 Å². The molecule has 18 heavy (non-hydrogen) atoms. The summed E-state index contributed by atoms with van der Waals surface area (Å²) >= 11 is 1.20. The molecule has 5 nitrogen and oxygen atoms in total. The van der Waals surface area contributed by atoms with E-state index in [1.165, 1.54) is 11.3 Å². The van der Waals surface area contributed by atoms with Crippen LogP contribution in [-0.2, 0) is 0 Å². The summed E-state index contributed by atoms with van der Waals surface area (Å²) in [5, 5.41) is 3.31. The van der Waals surface area contributed by atoms with Crippen LogP contribution in [0.4, 0.5) is 5.13 Å². The number of hydrogen-bond donors (Lipinski definition) is 2. The lowest BCUT2D eigenvalue weighted by molar-refractivity contribution is 0.0943. The summed E-state index contributed by atoms with van der Waals surface area (Å²) < 4.78 is 0. The van der Waals surface area contributed by atoms with Gasteiger partial charge in [0.15, 0.2) is 5.13 Å². The predicted molar refractivity (Wildman–Crippen MR) is 71.4 cm³/mol. The lowest BCUT2D eigenvalue weighted by Crippen LogP contribution is -2.26. The van der Waals surface area contributed by atoms with E-state index < -0.39 is 0 Å². The first-order valence-corrected chi connectivity index (χ1v) is 6.33. The molecule has 0 saturated heterocycles. The average molecular weight is 262 g/mol. The number of nitrogens with two attached hydrogens (primary N) is 1. The molecule has 0 aromatic carbocycles. The van der Waals surface area contributed by atoms with Crippen LogP contribution in [0.15, 0.2) is 24.5 Å². The molecule has 0 bridgehead atoms. The van der Waals surface area contributed by atoms with Crippen molar-refractivity contribution in [3.05, 3.63) is 40.7 Å². The Balaban J connectivity index is 2.10. The van der Waals surface area contributed by atoms with Gasteiger partial charge in [0.05, 0.1) is 11.7 Å². The van der Waals surface area contributed by atoms with Crippen molar-refractivity contribution in [2.24, 2.45) is 0 Å². The third-order valence-electron chi connectivity index (χ3n) is 2.55. The second kappa shape index (κ2) is 5.14. The summed E-state index contributed by atoms with van der Waals surface area (Å²) in [4.78, 5) is 20.7. The molecule has 94 valence electrons. The molecule has 1 atom stereocenters. The van der Waals surface area contributed by atoms with Crippen molar-refractivity contribution in [3.63, 3.8) is 0 Å². The highest BCUT2D eigenvalue weighted by atomic mass is 32.1. The van der Waals surface area contributed by atoms with Gasteiger partial charge in [-0.1, -0.05) is 17.4 Å². The zero-order chi connectivity index (χ0) is 13.1. The first kappa shape index (κ1) is 12.5. The minimum Gasteiger partial charge on any atom is -0.375 e. The number of nitrogens with one attached hydrogen (secondary N) is 1. The highest BCUT2D eigenvalue weighted by molar-refractivity contribution is 7.17. The zero-order valence-electron chi connectivity index (χ0n) is 10.2. The molecule has 2 heterocycles. The Morgan fingerprint density at radius 1 is 1.56 bits per heavy atom. The molecule has 0 radical (unpaired) electrons. The molecule has 0 aliphatic heterocycles. The maximum Gasteiger partial charge on any atom is 0.263 e. The lowest BCUT2D eigenvalue weighted by Gasteiger charge is -2.13. The normalized spacial score (nSPS) is 12.1. The standard InChI is InChI=1S/C12H14N4OS/c1-7(9-4-3-5-14-6-9)15-11(17)10-8(2)16-12(13)18-10/h3-7H,1-2H3,(H2,13,16)(H,15,17)/t7-/m0/s1. The van der Waals surface area contributed by atoms with Crippen molar-refractivity contribution in [2.75, 3.05) is 5.73 Å². The van der Waals surface area contributed by atoms with E-state index in [1.807, 2.05) is 19.1 Å². The summed E-state index contributed by atoms with van der Waals surface area (Å²) in [7, 11) is 0. The van der Waals surface area contributed by atoms with Gasteiger partial charge >= 0.3 is 0 Å². The van der Waals surface area contributed by atoms with Crippen molar-refractivity contribution in [1.29, 1.82) is 0 Å². The highest BCUT2D eigenvalue weighted by Crippen LogP contribution is 2.20. The summed E-state index contributed by atoms with van der Waals surface area (Å²) in [6.07, 6.45) is 3.44. The molecule has 1 amide bonds. The van der Waals surface area contributed by atoms with E-state index in [0.717, 1.165) is 5.56 Å². The number of pyridine rings is 1. The Kier molecular flexibility index (Phi) is 3.57. The van der Waals surface area contributed by atoms with Crippen LogP contribution in [0.1, 0.15) is 33.9 Å². The van der Waals surface area contributed by atoms with Crippen molar-refractivity contribution in [3.8, 4) is 0 Å². The molecule has 0 aliphatic rings. The van der Waals surface area contributed by atoms with Gasteiger partial charge in [-0.3, -0.25) is 9.78 Å². The van der Waals surface area contributed by atoms with E-state index in [0.29, 0.717) is 15.7 Å². The Bertz CT molecular complexity index is 552. The van der Waals surface area contributed by atoms with Gasteiger partial charge in [0.2, 0.25) is 0 Å². The second-order valence-corrected chi connectivity index (χ2v) is 4.98. The van der Waals surface area contributed by atoms with E-state index in [9.17, 15) is 4.79 Å². The number of thiazole rings is 1. The van der Waals surface area contributed by atoms with Gasteiger partial charge in [-0.25, -0.2) is 4.98 Å². The summed E-state index contributed by atoms with van der Waals surface area (Å²) in [6, 6.07) is 3.66. The number of nitrogens with zero attached hydrogens (tertiary/aromatic N) is 2. The number of anilines is 1. The maximum absolute atomic E-state index is 12.0. The SMILES string of the molecule is Cc1nc(N)sc1C(=O)N[C@@H](C)c1cccnc1. The van der Waals surface area contributed by atoms with Gasteiger partial charge in [0.1, 0.15) is 4.88 Å². The Labute approximate surface area is 109 Å². The first-order chi connectivity index (χ1) is 8.58. The molecule has 2 aromatic rings. The van der Waals surface area contributed by atoms with Crippen LogP contribution in [0, 0.1) is 6.92 Å². The average Bonchev–Trinajstić information content (AvgIpc) is 2.69.